The largest absolute Gasteiger partial charge is 0.458 e. The van der Waals surface area contributed by atoms with Crippen LogP contribution in [0.3, 0.4) is 0 Å². The molecule has 0 fully saturated rings. The summed E-state index contributed by atoms with van der Waals surface area (Å²) in [4.78, 5) is 34.8. The van der Waals surface area contributed by atoms with Crippen LogP contribution in [0.15, 0.2) is 92.0 Å². The van der Waals surface area contributed by atoms with Gasteiger partial charge in [0.05, 0.1) is 0 Å². The molecule has 3 rings (SSSR count). The van der Waals surface area contributed by atoms with Crippen LogP contribution < -0.4 is 4.74 Å². The third-order valence-corrected chi connectivity index (χ3v) is 4.64. The lowest BCUT2D eigenvalue weighted by Crippen LogP contribution is -2.04. The van der Waals surface area contributed by atoms with E-state index in [2.05, 4.69) is 13.2 Å². The van der Waals surface area contributed by atoms with Crippen molar-refractivity contribution in [3.05, 3.63) is 109 Å². The summed E-state index contributed by atoms with van der Waals surface area (Å²) in [7, 11) is 0. The highest BCUT2D eigenvalue weighted by Crippen LogP contribution is 2.20. The molecule has 3 aromatic rings. The van der Waals surface area contributed by atoms with Crippen molar-refractivity contribution in [2.24, 2.45) is 0 Å². The molecular weight excluding hydrogens is 404 g/mol. The average molecular weight is 426 g/mol. The number of ketones is 1. The zero-order chi connectivity index (χ0) is 22.9. The first-order chi connectivity index (χ1) is 15.5. The summed E-state index contributed by atoms with van der Waals surface area (Å²) in [5, 5.41) is 2.01. The van der Waals surface area contributed by atoms with Gasteiger partial charge in [-0.3, -0.25) is 4.79 Å². The normalized spacial score (nSPS) is 10.6. The Bertz CT molecular complexity index is 1200. The Morgan fingerprint density at radius 1 is 0.781 bits per heavy atom. The summed E-state index contributed by atoms with van der Waals surface area (Å²) < 4.78 is 10.2. The summed E-state index contributed by atoms with van der Waals surface area (Å²) >= 11 is 0. The Labute approximate surface area is 186 Å². The second-order valence-electron chi connectivity index (χ2n) is 7.00. The molecule has 0 saturated carbocycles. The third-order valence-electron chi connectivity index (χ3n) is 4.64. The molecule has 0 aliphatic heterocycles. The molecule has 3 aromatic carbocycles. The van der Waals surface area contributed by atoms with Gasteiger partial charge in [-0.05, 0) is 57.8 Å². The van der Waals surface area contributed by atoms with Gasteiger partial charge in [-0.25, -0.2) is 9.59 Å². The topological polar surface area (TPSA) is 69.7 Å². The Hall–Kier alpha value is -4.25. The lowest BCUT2D eigenvalue weighted by Gasteiger charge is -2.05. The molecule has 160 valence electrons. The van der Waals surface area contributed by atoms with Gasteiger partial charge in [0.25, 0.3) is 0 Å². The molecule has 0 heterocycles. The van der Waals surface area contributed by atoms with Crippen molar-refractivity contribution < 1.29 is 23.9 Å². The standard InChI is InChI=1S/C27H22O5/c1-3-24(28)17-21-6-11-22-15-19(5-10-23(22)16-21)9-14-27(30)32-25-12-7-20(8-13-25)18-31-26(29)4-2/h3-16H,1-2,17-18H2/b14-9+. The average Bonchev–Trinajstić information content (AvgIpc) is 2.81. The van der Waals surface area contributed by atoms with Crippen molar-refractivity contribution in [1.29, 1.82) is 0 Å². The molecule has 0 unspecified atom stereocenters. The number of esters is 2. The molecule has 0 radical (unpaired) electrons. The Morgan fingerprint density at radius 3 is 2.19 bits per heavy atom. The van der Waals surface area contributed by atoms with Gasteiger partial charge >= 0.3 is 11.9 Å². The maximum absolute atomic E-state index is 12.1. The van der Waals surface area contributed by atoms with Crippen LogP contribution in [0.4, 0.5) is 0 Å². The van der Waals surface area contributed by atoms with Crippen LogP contribution in [0, 0.1) is 0 Å². The first-order valence-electron chi connectivity index (χ1n) is 9.93. The van der Waals surface area contributed by atoms with Crippen molar-refractivity contribution >= 4 is 34.6 Å². The first kappa shape index (κ1) is 22.4. The van der Waals surface area contributed by atoms with Crippen LogP contribution in [0.2, 0.25) is 0 Å². The van der Waals surface area contributed by atoms with E-state index in [4.69, 9.17) is 9.47 Å². The molecule has 5 heteroatoms. The van der Waals surface area contributed by atoms with Crippen LogP contribution in [-0.2, 0) is 32.1 Å². The molecule has 0 spiro atoms. The van der Waals surface area contributed by atoms with E-state index in [0.717, 1.165) is 33.5 Å². The van der Waals surface area contributed by atoms with Gasteiger partial charge in [-0.15, -0.1) is 0 Å². The fourth-order valence-electron chi connectivity index (χ4n) is 2.98. The summed E-state index contributed by atoms with van der Waals surface area (Å²) in [6.45, 7) is 6.95. The van der Waals surface area contributed by atoms with Gasteiger partial charge in [0.15, 0.2) is 5.78 Å². The van der Waals surface area contributed by atoms with E-state index in [0.29, 0.717) is 12.2 Å². The minimum atomic E-state index is -0.505. The van der Waals surface area contributed by atoms with Gasteiger partial charge < -0.3 is 9.47 Å². The molecule has 0 atom stereocenters. The van der Waals surface area contributed by atoms with Gasteiger partial charge in [0.1, 0.15) is 12.4 Å². The highest BCUT2D eigenvalue weighted by atomic mass is 16.5. The van der Waals surface area contributed by atoms with Crippen molar-refractivity contribution in [2.75, 3.05) is 0 Å². The number of carbonyl (C=O) groups excluding carboxylic acids is 3. The minimum absolute atomic E-state index is 0.0202. The number of benzene rings is 3. The van der Waals surface area contributed by atoms with E-state index in [1.54, 1.807) is 30.3 Å². The molecule has 0 aliphatic rings. The van der Waals surface area contributed by atoms with Gasteiger partial charge in [0, 0.05) is 18.6 Å². The predicted octanol–water partition coefficient (Wildman–Crippen LogP) is 4.99. The molecule has 5 nitrogen and oxygen atoms in total. The molecule has 0 aromatic heterocycles. The Morgan fingerprint density at radius 2 is 1.47 bits per heavy atom. The lowest BCUT2D eigenvalue weighted by atomic mass is 10.0. The van der Waals surface area contributed by atoms with Crippen LogP contribution in [0.25, 0.3) is 16.8 Å². The molecule has 0 N–H and O–H groups in total. The van der Waals surface area contributed by atoms with E-state index < -0.39 is 11.9 Å². The zero-order valence-corrected chi connectivity index (χ0v) is 17.5. The predicted molar refractivity (Wildman–Crippen MR) is 124 cm³/mol. The van der Waals surface area contributed by atoms with Crippen molar-refractivity contribution in [3.63, 3.8) is 0 Å². The van der Waals surface area contributed by atoms with E-state index in [9.17, 15) is 14.4 Å². The summed E-state index contributed by atoms with van der Waals surface area (Å²) in [6.07, 6.45) is 5.79. The number of allylic oxidation sites excluding steroid dienone is 1. The number of hydrogen-bond acceptors (Lipinski definition) is 5. The molecular formula is C27H22O5. The van der Waals surface area contributed by atoms with E-state index >= 15 is 0 Å². The van der Waals surface area contributed by atoms with Gasteiger partial charge in [-0.2, -0.15) is 0 Å². The van der Waals surface area contributed by atoms with Crippen LogP contribution in [0.5, 0.6) is 5.75 Å². The van der Waals surface area contributed by atoms with Gasteiger partial charge in [-0.1, -0.05) is 55.6 Å². The van der Waals surface area contributed by atoms with Crippen molar-refractivity contribution in [2.45, 2.75) is 13.0 Å². The minimum Gasteiger partial charge on any atom is -0.458 e. The van der Waals surface area contributed by atoms with Crippen molar-refractivity contribution in [1.82, 2.24) is 0 Å². The molecule has 0 aliphatic carbocycles. The Balaban J connectivity index is 1.60. The quantitative estimate of drug-likeness (QED) is 0.274. The highest BCUT2D eigenvalue weighted by molar-refractivity contribution is 5.93. The maximum Gasteiger partial charge on any atom is 0.336 e. The molecule has 32 heavy (non-hydrogen) atoms. The summed E-state index contributed by atoms with van der Waals surface area (Å²) in [5.41, 5.74) is 2.55. The van der Waals surface area contributed by atoms with E-state index in [1.165, 1.54) is 12.2 Å². The van der Waals surface area contributed by atoms with E-state index in [-0.39, 0.29) is 12.4 Å². The Kier molecular flexibility index (Phi) is 7.49. The van der Waals surface area contributed by atoms with Crippen molar-refractivity contribution in [3.8, 4) is 5.75 Å². The van der Waals surface area contributed by atoms with Crippen LogP contribution >= 0.6 is 0 Å². The molecule has 0 bridgehead atoms. The number of carbonyl (C=O) groups is 3. The maximum atomic E-state index is 12.1. The molecule has 0 amide bonds. The summed E-state index contributed by atoms with van der Waals surface area (Å²) in [6, 6.07) is 18.3. The number of rotatable bonds is 9. The van der Waals surface area contributed by atoms with Gasteiger partial charge in [0.2, 0.25) is 0 Å². The van der Waals surface area contributed by atoms with Crippen LogP contribution in [-0.4, -0.2) is 17.7 Å². The smallest absolute Gasteiger partial charge is 0.336 e. The monoisotopic (exact) mass is 426 g/mol. The third kappa shape index (κ3) is 6.37. The second-order valence-corrected chi connectivity index (χ2v) is 7.00. The highest BCUT2D eigenvalue weighted by Gasteiger charge is 2.04. The lowest BCUT2D eigenvalue weighted by molar-refractivity contribution is -0.139. The first-order valence-corrected chi connectivity index (χ1v) is 9.93. The number of ether oxygens (including phenoxy) is 2. The second kappa shape index (κ2) is 10.7. The fraction of sp³-hybridized carbons (Fsp3) is 0.0741. The molecule has 0 saturated heterocycles. The van der Waals surface area contributed by atoms with Crippen LogP contribution in [0.1, 0.15) is 16.7 Å². The number of hydrogen-bond donors (Lipinski definition) is 0. The fourth-order valence-corrected chi connectivity index (χ4v) is 2.98. The zero-order valence-electron chi connectivity index (χ0n) is 17.5. The van der Waals surface area contributed by atoms with E-state index in [1.807, 2.05) is 36.4 Å². The summed E-state index contributed by atoms with van der Waals surface area (Å²) in [5.74, 6) is -0.636. The number of fused-ring (bicyclic) bond motifs is 1. The SMILES string of the molecule is C=CC(=O)Cc1ccc2cc(/C=C/C(=O)Oc3ccc(COC(=O)C=C)cc3)ccc2c1.